The van der Waals surface area contributed by atoms with Crippen LogP contribution in [0.5, 0.6) is 11.5 Å². The van der Waals surface area contributed by atoms with E-state index in [-0.39, 0.29) is 5.91 Å². The molecule has 1 atom stereocenters. The number of carbonyl (C=O) groups excluding carboxylic acids is 1. The molecule has 40 heavy (non-hydrogen) atoms. The number of rotatable bonds is 7. The Labute approximate surface area is 237 Å². The van der Waals surface area contributed by atoms with E-state index in [2.05, 4.69) is 32.2 Å². The standard InChI is InChI=1S/C30H29ClN6O3/c1-36-14-4-6-22(36)8-12-27(38)37-15-16-39-29-25(37)10-9-24-28(29)30(34-19-33-24)35-20-7-11-26(23(31)17-20)40-18-21-5-2-3-13-32-21/h2-3,5,7-13,17,19,22H,4,6,14-16,18H2,1H3,(H,33,34,35)/b12-8+/t22-/m1/s1. The molecule has 0 saturated carbocycles. The van der Waals surface area contributed by atoms with E-state index in [1.165, 1.54) is 6.33 Å². The van der Waals surface area contributed by atoms with Crippen LogP contribution in [-0.4, -0.2) is 58.5 Å². The van der Waals surface area contributed by atoms with E-state index >= 15 is 0 Å². The predicted octanol–water partition coefficient (Wildman–Crippen LogP) is 5.38. The third kappa shape index (κ3) is 5.43. The average Bonchev–Trinajstić information content (AvgIpc) is 3.40. The van der Waals surface area contributed by atoms with Crippen LogP contribution >= 0.6 is 11.6 Å². The molecule has 0 unspecified atom stereocenters. The second-order valence-electron chi connectivity index (χ2n) is 9.80. The van der Waals surface area contributed by atoms with Crippen molar-refractivity contribution in [2.24, 2.45) is 0 Å². The first kappa shape index (κ1) is 26.0. The molecule has 204 valence electrons. The van der Waals surface area contributed by atoms with Gasteiger partial charge in [0.15, 0.2) is 5.75 Å². The highest BCUT2D eigenvalue weighted by atomic mass is 35.5. The van der Waals surface area contributed by atoms with Gasteiger partial charge in [-0.3, -0.25) is 14.7 Å². The maximum Gasteiger partial charge on any atom is 0.250 e. The molecular weight excluding hydrogens is 528 g/mol. The molecule has 1 N–H and O–H groups in total. The quantitative estimate of drug-likeness (QED) is 0.303. The fraction of sp³-hybridized carbons (Fsp3) is 0.267. The summed E-state index contributed by atoms with van der Waals surface area (Å²) >= 11 is 6.54. The number of hydrogen-bond acceptors (Lipinski definition) is 8. The molecular formula is C30H29ClN6O3. The Morgan fingerprint density at radius 1 is 1.18 bits per heavy atom. The van der Waals surface area contributed by atoms with Gasteiger partial charge < -0.3 is 19.7 Å². The van der Waals surface area contributed by atoms with E-state index in [9.17, 15) is 4.79 Å². The molecule has 0 bridgehead atoms. The van der Waals surface area contributed by atoms with Gasteiger partial charge in [-0.2, -0.15) is 0 Å². The van der Waals surface area contributed by atoms with Crippen molar-refractivity contribution in [3.8, 4) is 11.5 Å². The summed E-state index contributed by atoms with van der Waals surface area (Å²) in [4.78, 5) is 30.5. The molecule has 2 aliphatic heterocycles. The Bertz CT molecular complexity index is 1560. The van der Waals surface area contributed by atoms with Crippen molar-refractivity contribution >= 4 is 45.6 Å². The van der Waals surface area contributed by atoms with Crippen LogP contribution in [0.15, 0.2) is 73.2 Å². The van der Waals surface area contributed by atoms with Crippen molar-refractivity contribution in [3.63, 3.8) is 0 Å². The van der Waals surface area contributed by atoms with Gasteiger partial charge in [0.1, 0.15) is 31.1 Å². The second kappa shape index (κ2) is 11.5. The number of carbonyl (C=O) groups is 1. The van der Waals surface area contributed by atoms with Crippen LogP contribution in [0.3, 0.4) is 0 Å². The molecule has 6 rings (SSSR count). The number of nitrogens with one attached hydrogen (secondary N) is 1. The summed E-state index contributed by atoms with van der Waals surface area (Å²) in [6, 6.07) is 15.2. The molecule has 0 spiro atoms. The van der Waals surface area contributed by atoms with Gasteiger partial charge in [-0.15, -0.1) is 0 Å². The number of likely N-dealkylation sites (N-methyl/N-ethyl adjacent to an activating group) is 1. The van der Waals surface area contributed by atoms with Crippen molar-refractivity contribution < 1.29 is 14.3 Å². The van der Waals surface area contributed by atoms with Crippen LogP contribution in [0.4, 0.5) is 17.2 Å². The molecule has 2 aromatic heterocycles. The van der Waals surface area contributed by atoms with Crippen molar-refractivity contribution in [1.29, 1.82) is 0 Å². The smallest absolute Gasteiger partial charge is 0.250 e. The lowest BCUT2D eigenvalue weighted by atomic mass is 10.1. The molecule has 2 aliphatic rings. The van der Waals surface area contributed by atoms with Crippen LogP contribution < -0.4 is 19.7 Å². The number of halogens is 1. The summed E-state index contributed by atoms with van der Waals surface area (Å²) in [7, 11) is 2.09. The fourth-order valence-corrected chi connectivity index (χ4v) is 5.32. The summed E-state index contributed by atoms with van der Waals surface area (Å²) in [5, 5.41) is 4.49. The minimum atomic E-state index is -0.0661. The Morgan fingerprint density at radius 2 is 2.10 bits per heavy atom. The van der Waals surface area contributed by atoms with Gasteiger partial charge in [-0.1, -0.05) is 23.7 Å². The summed E-state index contributed by atoms with van der Waals surface area (Å²) in [5.74, 6) is 1.62. The second-order valence-corrected chi connectivity index (χ2v) is 10.2. The number of anilines is 3. The van der Waals surface area contributed by atoms with E-state index in [4.69, 9.17) is 21.1 Å². The third-order valence-electron chi connectivity index (χ3n) is 7.19. The zero-order chi connectivity index (χ0) is 27.5. The van der Waals surface area contributed by atoms with Gasteiger partial charge in [0.2, 0.25) is 0 Å². The lowest BCUT2D eigenvalue weighted by molar-refractivity contribution is -0.114. The Balaban J connectivity index is 1.25. The third-order valence-corrected chi connectivity index (χ3v) is 7.48. The molecule has 9 nitrogen and oxygen atoms in total. The summed E-state index contributed by atoms with van der Waals surface area (Å²) in [6.07, 6.45) is 9.13. The molecule has 4 aromatic rings. The number of fused-ring (bicyclic) bond motifs is 3. The Morgan fingerprint density at radius 3 is 2.90 bits per heavy atom. The molecule has 10 heteroatoms. The van der Waals surface area contributed by atoms with E-state index in [1.54, 1.807) is 29.3 Å². The topological polar surface area (TPSA) is 92.7 Å². The first-order chi connectivity index (χ1) is 19.6. The number of likely N-dealkylation sites (tertiary alicyclic amines) is 1. The number of benzene rings is 2. The zero-order valence-electron chi connectivity index (χ0n) is 22.1. The van der Waals surface area contributed by atoms with E-state index in [0.717, 1.165) is 30.8 Å². The maximum atomic E-state index is 13.2. The van der Waals surface area contributed by atoms with Crippen LogP contribution in [-0.2, 0) is 11.4 Å². The molecule has 1 amide bonds. The highest BCUT2D eigenvalue weighted by molar-refractivity contribution is 6.32. The summed E-state index contributed by atoms with van der Waals surface area (Å²) in [6.45, 7) is 2.21. The maximum absolute atomic E-state index is 13.2. The zero-order valence-corrected chi connectivity index (χ0v) is 22.8. The number of pyridine rings is 1. The van der Waals surface area contributed by atoms with Crippen molar-refractivity contribution in [3.05, 3.63) is 83.9 Å². The molecule has 2 aromatic carbocycles. The molecule has 4 heterocycles. The van der Waals surface area contributed by atoms with Crippen molar-refractivity contribution in [1.82, 2.24) is 19.9 Å². The summed E-state index contributed by atoms with van der Waals surface area (Å²) in [5.41, 5.74) is 2.93. The van der Waals surface area contributed by atoms with Gasteiger partial charge in [0, 0.05) is 24.0 Å². The first-order valence-corrected chi connectivity index (χ1v) is 13.6. The monoisotopic (exact) mass is 556 g/mol. The van der Waals surface area contributed by atoms with Crippen LogP contribution in [0.2, 0.25) is 5.02 Å². The number of aromatic nitrogens is 3. The number of amides is 1. The van der Waals surface area contributed by atoms with E-state index < -0.39 is 0 Å². The van der Waals surface area contributed by atoms with Gasteiger partial charge >= 0.3 is 0 Å². The summed E-state index contributed by atoms with van der Waals surface area (Å²) < 4.78 is 12.0. The van der Waals surface area contributed by atoms with Crippen LogP contribution in [0.1, 0.15) is 18.5 Å². The van der Waals surface area contributed by atoms with Crippen molar-refractivity contribution in [2.75, 3.05) is 37.0 Å². The molecule has 0 aliphatic carbocycles. The largest absolute Gasteiger partial charge is 0.489 e. The average molecular weight is 557 g/mol. The predicted molar refractivity (Wildman–Crippen MR) is 155 cm³/mol. The van der Waals surface area contributed by atoms with Crippen LogP contribution in [0, 0.1) is 0 Å². The van der Waals surface area contributed by atoms with Gasteiger partial charge in [-0.25, -0.2) is 9.97 Å². The van der Waals surface area contributed by atoms with Gasteiger partial charge in [-0.05, 0) is 68.9 Å². The minimum Gasteiger partial charge on any atom is -0.489 e. The SMILES string of the molecule is CN1CCC[C@@H]1/C=C/C(=O)N1CCOc2c1ccc1ncnc(Nc3ccc(OCc4ccccn4)c(Cl)c3)c21. The fourth-order valence-electron chi connectivity index (χ4n) is 5.08. The number of nitrogens with zero attached hydrogens (tertiary/aromatic N) is 5. The molecule has 0 radical (unpaired) electrons. The highest BCUT2D eigenvalue weighted by Gasteiger charge is 2.27. The first-order valence-electron chi connectivity index (χ1n) is 13.3. The Hall–Kier alpha value is -4.21. The lowest BCUT2D eigenvalue weighted by Crippen LogP contribution is -2.37. The van der Waals surface area contributed by atoms with Gasteiger partial charge in [0.05, 0.1) is 33.9 Å². The normalized spacial score (nSPS) is 17.1. The number of hydrogen-bond donors (Lipinski definition) is 1. The highest BCUT2D eigenvalue weighted by Crippen LogP contribution is 2.42. The van der Waals surface area contributed by atoms with E-state index in [0.29, 0.717) is 64.7 Å². The minimum absolute atomic E-state index is 0.0661. The molecule has 1 saturated heterocycles. The Kier molecular flexibility index (Phi) is 7.48. The number of ether oxygens (including phenoxy) is 2. The van der Waals surface area contributed by atoms with E-state index in [1.807, 2.05) is 42.5 Å². The lowest BCUT2D eigenvalue weighted by Gasteiger charge is -2.30. The van der Waals surface area contributed by atoms with Crippen molar-refractivity contribution in [2.45, 2.75) is 25.5 Å². The van der Waals surface area contributed by atoms with Gasteiger partial charge in [0.25, 0.3) is 5.91 Å². The van der Waals surface area contributed by atoms with Crippen LogP contribution in [0.25, 0.3) is 10.9 Å². The molecule has 1 fully saturated rings.